The molecule has 1 rings (SSSR count). The van der Waals surface area contributed by atoms with Crippen LogP contribution in [0.3, 0.4) is 0 Å². The fourth-order valence-corrected chi connectivity index (χ4v) is 2.33. The molecule has 0 bridgehead atoms. The van der Waals surface area contributed by atoms with E-state index in [2.05, 4.69) is 16.0 Å². The van der Waals surface area contributed by atoms with Gasteiger partial charge in [0.1, 0.15) is 0 Å². The molecule has 4 N–H and O–H groups in total. The highest BCUT2D eigenvalue weighted by molar-refractivity contribution is 5.81. The smallest absolute Gasteiger partial charge is 0.315 e. The minimum absolute atomic E-state index is 0.0436. The summed E-state index contributed by atoms with van der Waals surface area (Å²) < 4.78 is 0. The van der Waals surface area contributed by atoms with Crippen molar-refractivity contribution in [1.82, 2.24) is 16.0 Å². The summed E-state index contributed by atoms with van der Waals surface area (Å²) in [4.78, 5) is 33.4. The molecule has 2 atom stereocenters. The fourth-order valence-electron chi connectivity index (χ4n) is 2.33. The van der Waals surface area contributed by atoms with Gasteiger partial charge < -0.3 is 21.1 Å². The van der Waals surface area contributed by atoms with Crippen LogP contribution >= 0.6 is 0 Å². The third kappa shape index (κ3) is 6.40. The van der Waals surface area contributed by atoms with Crippen molar-refractivity contribution in [2.24, 2.45) is 11.8 Å². The Bertz CT molecular complexity index is 371. The molecule has 0 aliphatic carbocycles. The fraction of sp³-hybridized carbons (Fsp3) is 0.769. The van der Waals surface area contributed by atoms with Crippen LogP contribution in [-0.4, -0.2) is 42.1 Å². The number of rotatable bonds is 7. The lowest BCUT2D eigenvalue weighted by molar-refractivity contribution is -0.138. The highest BCUT2D eigenvalue weighted by Crippen LogP contribution is 2.14. The molecule has 2 unspecified atom stereocenters. The Morgan fingerprint density at radius 3 is 2.65 bits per heavy atom. The van der Waals surface area contributed by atoms with Gasteiger partial charge in [-0.05, 0) is 18.3 Å². The Morgan fingerprint density at radius 2 is 2.15 bits per heavy atom. The van der Waals surface area contributed by atoms with Crippen LogP contribution in [0, 0.1) is 11.8 Å². The number of hydrogen-bond donors (Lipinski definition) is 4. The van der Waals surface area contributed by atoms with E-state index in [1.807, 2.05) is 13.8 Å². The van der Waals surface area contributed by atoms with E-state index in [9.17, 15) is 14.4 Å². The third-order valence-electron chi connectivity index (χ3n) is 3.13. The molecule has 1 aliphatic rings. The lowest BCUT2D eigenvalue weighted by Crippen LogP contribution is -2.44. The van der Waals surface area contributed by atoms with Crippen molar-refractivity contribution < 1.29 is 19.5 Å². The van der Waals surface area contributed by atoms with Gasteiger partial charge in [-0.2, -0.15) is 0 Å². The number of amides is 3. The zero-order valence-electron chi connectivity index (χ0n) is 11.9. The molecule has 0 aromatic rings. The van der Waals surface area contributed by atoms with Crippen molar-refractivity contribution in [3.8, 4) is 0 Å². The van der Waals surface area contributed by atoms with E-state index in [4.69, 9.17) is 5.11 Å². The molecule has 1 heterocycles. The highest BCUT2D eigenvalue weighted by atomic mass is 16.4. The van der Waals surface area contributed by atoms with E-state index in [-0.39, 0.29) is 36.7 Å². The molecule has 0 spiro atoms. The maximum absolute atomic E-state index is 11.7. The van der Waals surface area contributed by atoms with Crippen LogP contribution in [0.25, 0.3) is 0 Å². The van der Waals surface area contributed by atoms with Crippen molar-refractivity contribution >= 4 is 17.9 Å². The second-order valence-corrected chi connectivity index (χ2v) is 5.65. The minimum atomic E-state index is -0.858. The minimum Gasteiger partial charge on any atom is -0.481 e. The Balaban J connectivity index is 2.31. The Hall–Kier alpha value is -1.79. The van der Waals surface area contributed by atoms with E-state index >= 15 is 0 Å². The molecular formula is C13H23N3O4. The highest BCUT2D eigenvalue weighted by Gasteiger charge is 2.23. The van der Waals surface area contributed by atoms with Gasteiger partial charge in [-0.3, -0.25) is 9.59 Å². The van der Waals surface area contributed by atoms with Crippen LogP contribution < -0.4 is 16.0 Å². The van der Waals surface area contributed by atoms with Gasteiger partial charge in [0, 0.05) is 25.9 Å². The van der Waals surface area contributed by atoms with Crippen molar-refractivity contribution in [2.75, 3.05) is 13.1 Å². The number of carboxylic acid groups (broad SMARTS) is 1. The lowest BCUT2D eigenvalue weighted by Gasteiger charge is -2.19. The number of urea groups is 1. The van der Waals surface area contributed by atoms with Crippen LogP contribution in [0.4, 0.5) is 4.79 Å². The average Bonchev–Trinajstić information content (AvgIpc) is 2.70. The summed E-state index contributed by atoms with van der Waals surface area (Å²) >= 11 is 0. The molecule has 114 valence electrons. The molecule has 0 aromatic heterocycles. The van der Waals surface area contributed by atoms with E-state index in [1.165, 1.54) is 0 Å². The van der Waals surface area contributed by atoms with Crippen molar-refractivity contribution in [3.63, 3.8) is 0 Å². The standard InChI is InChI=1S/C13H23N3O4/c1-8(2)3-9(4-12(18)19)6-15-13(20)16-10-5-11(17)14-7-10/h8-10H,3-7H2,1-2H3,(H,14,17)(H,18,19)(H2,15,16,20). The van der Waals surface area contributed by atoms with E-state index < -0.39 is 5.97 Å². The van der Waals surface area contributed by atoms with Crippen LogP contribution in [0.1, 0.15) is 33.1 Å². The van der Waals surface area contributed by atoms with Gasteiger partial charge in [0.05, 0.1) is 6.04 Å². The van der Waals surface area contributed by atoms with Crippen LogP contribution in [0.2, 0.25) is 0 Å². The lowest BCUT2D eigenvalue weighted by atomic mass is 9.94. The van der Waals surface area contributed by atoms with Crippen molar-refractivity contribution in [1.29, 1.82) is 0 Å². The van der Waals surface area contributed by atoms with E-state index in [1.54, 1.807) is 0 Å². The van der Waals surface area contributed by atoms with E-state index in [0.717, 1.165) is 6.42 Å². The van der Waals surface area contributed by atoms with Crippen LogP contribution in [0.15, 0.2) is 0 Å². The predicted molar refractivity (Wildman–Crippen MR) is 73.1 cm³/mol. The summed E-state index contributed by atoms with van der Waals surface area (Å²) in [5.41, 5.74) is 0. The molecule has 3 amide bonds. The second-order valence-electron chi connectivity index (χ2n) is 5.65. The van der Waals surface area contributed by atoms with Gasteiger partial charge in [0.15, 0.2) is 0 Å². The molecular weight excluding hydrogens is 262 g/mol. The van der Waals surface area contributed by atoms with Gasteiger partial charge in [-0.15, -0.1) is 0 Å². The van der Waals surface area contributed by atoms with Crippen LogP contribution in [-0.2, 0) is 9.59 Å². The third-order valence-corrected chi connectivity index (χ3v) is 3.13. The van der Waals surface area contributed by atoms with Crippen molar-refractivity contribution in [2.45, 2.75) is 39.2 Å². The molecule has 1 aliphatic heterocycles. The van der Waals surface area contributed by atoms with Crippen molar-refractivity contribution in [3.05, 3.63) is 0 Å². The van der Waals surface area contributed by atoms with Gasteiger partial charge in [-0.1, -0.05) is 13.8 Å². The number of hydrogen-bond acceptors (Lipinski definition) is 3. The maximum Gasteiger partial charge on any atom is 0.315 e. The summed E-state index contributed by atoms with van der Waals surface area (Å²) in [5, 5.41) is 16.9. The molecule has 0 aromatic carbocycles. The average molecular weight is 285 g/mol. The first-order valence-electron chi connectivity index (χ1n) is 6.89. The van der Waals surface area contributed by atoms with Crippen LogP contribution in [0.5, 0.6) is 0 Å². The van der Waals surface area contributed by atoms with Gasteiger partial charge in [0.25, 0.3) is 0 Å². The topological polar surface area (TPSA) is 108 Å². The molecule has 1 fully saturated rings. The summed E-state index contributed by atoms with van der Waals surface area (Å²) in [7, 11) is 0. The quantitative estimate of drug-likeness (QED) is 0.540. The molecule has 7 heteroatoms. The summed E-state index contributed by atoms with van der Waals surface area (Å²) in [6.45, 7) is 4.80. The summed E-state index contributed by atoms with van der Waals surface area (Å²) in [6, 6.07) is -0.545. The first-order chi connectivity index (χ1) is 9.36. The molecule has 20 heavy (non-hydrogen) atoms. The van der Waals surface area contributed by atoms with Gasteiger partial charge in [-0.25, -0.2) is 4.79 Å². The second kappa shape index (κ2) is 7.72. The molecule has 0 saturated carbocycles. The summed E-state index contributed by atoms with van der Waals surface area (Å²) in [5.74, 6) is -0.634. The first kappa shape index (κ1) is 16.3. The Labute approximate surface area is 118 Å². The summed E-state index contributed by atoms with van der Waals surface area (Å²) in [6.07, 6.45) is 1.08. The first-order valence-corrected chi connectivity index (χ1v) is 6.89. The maximum atomic E-state index is 11.7. The van der Waals surface area contributed by atoms with Gasteiger partial charge in [0.2, 0.25) is 5.91 Å². The largest absolute Gasteiger partial charge is 0.481 e. The Kier molecular flexibility index (Phi) is 6.27. The number of carboxylic acids is 1. The monoisotopic (exact) mass is 285 g/mol. The number of aliphatic carboxylic acids is 1. The number of carbonyl (C=O) groups excluding carboxylic acids is 2. The number of carbonyl (C=O) groups is 3. The van der Waals surface area contributed by atoms with E-state index in [0.29, 0.717) is 19.0 Å². The number of nitrogens with one attached hydrogen (secondary N) is 3. The normalized spacial score (nSPS) is 19.6. The zero-order chi connectivity index (χ0) is 15.1. The molecule has 7 nitrogen and oxygen atoms in total. The van der Waals surface area contributed by atoms with Gasteiger partial charge >= 0.3 is 12.0 Å². The molecule has 0 radical (unpaired) electrons. The Morgan fingerprint density at radius 1 is 1.45 bits per heavy atom. The molecule has 1 saturated heterocycles. The zero-order valence-corrected chi connectivity index (χ0v) is 11.9. The predicted octanol–water partition coefficient (Wildman–Crippen LogP) is 0.311. The SMILES string of the molecule is CC(C)CC(CNC(=O)NC1CNC(=O)C1)CC(=O)O.